The van der Waals surface area contributed by atoms with Gasteiger partial charge in [-0.2, -0.15) is 4.98 Å². The van der Waals surface area contributed by atoms with E-state index in [-0.39, 0.29) is 25.3 Å². The predicted molar refractivity (Wildman–Crippen MR) is 60.2 cm³/mol. The Hall–Kier alpha value is -1.47. The summed E-state index contributed by atoms with van der Waals surface area (Å²) in [7, 11) is 0. The smallest absolute Gasteiger partial charge is 0.227 e. The van der Waals surface area contributed by atoms with Crippen molar-refractivity contribution in [3.8, 4) is 0 Å². The minimum absolute atomic E-state index is 0.00148. The average molecular weight is 227 g/mol. The van der Waals surface area contributed by atoms with E-state index in [9.17, 15) is 0 Å². The first-order valence-electron chi connectivity index (χ1n) is 5.09. The molecule has 4 N–H and O–H groups in total. The Morgan fingerprint density at radius 3 is 1.88 bits per heavy atom. The van der Waals surface area contributed by atoms with E-state index < -0.39 is 0 Å². The second-order valence-electron chi connectivity index (χ2n) is 3.59. The number of anilines is 2. The predicted octanol–water partition coefficient (Wildman–Crippen LogP) is -0.543. The summed E-state index contributed by atoms with van der Waals surface area (Å²) in [6.07, 6.45) is 1.37. The Morgan fingerprint density at radius 2 is 1.50 bits per heavy atom. The van der Waals surface area contributed by atoms with Crippen molar-refractivity contribution in [2.24, 2.45) is 0 Å². The zero-order valence-electron chi connectivity index (χ0n) is 9.38. The van der Waals surface area contributed by atoms with E-state index in [0.29, 0.717) is 11.9 Å². The lowest BCUT2D eigenvalue weighted by molar-refractivity contribution is 0.280. The maximum Gasteiger partial charge on any atom is 0.227 e. The van der Waals surface area contributed by atoms with Crippen LogP contribution in [0.3, 0.4) is 0 Å². The molecular weight excluding hydrogens is 210 g/mol. The van der Waals surface area contributed by atoms with Crippen molar-refractivity contribution in [2.45, 2.75) is 25.9 Å². The number of nitrogens with one attached hydrogen (secondary N) is 2. The quantitative estimate of drug-likeness (QED) is 0.517. The van der Waals surface area contributed by atoms with Crippen LogP contribution in [0.5, 0.6) is 0 Å². The van der Waals surface area contributed by atoms with E-state index in [1.165, 1.54) is 6.33 Å². The van der Waals surface area contributed by atoms with Crippen LogP contribution in [0.1, 0.15) is 13.8 Å². The van der Waals surface area contributed by atoms with Gasteiger partial charge in [0, 0.05) is 12.1 Å². The lowest BCUT2D eigenvalue weighted by atomic mass is 10.4. The van der Waals surface area contributed by atoms with Crippen molar-refractivity contribution in [1.82, 2.24) is 15.0 Å². The van der Waals surface area contributed by atoms with Gasteiger partial charge in [0.15, 0.2) is 0 Å². The first kappa shape index (κ1) is 12.6. The van der Waals surface area contributed by atoms with E-state index in [2.05, 4.69) is 25.6 Å². The fraction of sp³-hybridized carbons (Fsp3) is 0.667. The molecule has 1 aromatic heterocycles. The Morgan fingerprint density at radius 1 is 1.06 bits per heavy atom. The number of nitrogens with zero attached hydrogens (tertiary/aromatic N) is 3. The molecule has 0 fully saturated rings. The fourth-order valence-corrected chi connectivity index (χ4v) is 0.967. The standard InChI is InChI=1S/C9H17N5O2/c1-6(3-15)12-8-10-5-11-9(14-8)13-7(2)4-16/h5-7,15-16H,3-4H2,1-2H3,(H2,10,11,12,13,14). The van der Waals surface area contributed by atoms with Crippen LogP contribution < -0.4 is 10.6 Å². The lowest BCUT2D eigenvalue weighted by Crippen LogP contribution is -2.23. The zero-order chi connectivity index (χ0) is 12.0. The van der Waals surface area contributed by atoms with E-state index in [1.54, 1.807) is 0 Å². The fourth-order valence-electron chi connectivity index (χ4n) is 0.967. The van der Waals surface area contributed by atoms with E-state index >= 15 is 0 Å². The molecule has 0 saturated heterocycles. The highest BCUT2D eigenvalue weighted by molar-refractivity contribution is 5.33. The number of aromatic nitrogens is 3. The van der Waals surface area contributed by atoms with Crippen LogP contribution in [0.2, 0.25) is 0 Å². The number of rotatable bonds is 6. The Balaban J connectivity index is 2.63. The SMILES string of the molecule is CC(CO)Nc1ncnc(NC(C)CO)n1. The highest BCUT2D eigenvalue weighted by atomic mass is 16.3. The molecule has 1 rings (SSSR count). The Bertz CT molecular complexity index is 295. The average Bonchev–Trinajstić information content (AvgIpc) is 2.29. The molecule has 1 heterocycles. The van der Waals surface area contributed by atoms with Crippen LogP contribution in [0.25, 0.3) is 0 Å². The van der Waals surface area contributed by atoms with E-state index in [1.807, 2.05) is 13.8 Å². The number of hydrogen-bond acceptors (Lipinski definition) is 7. The van der Waals surface area contributed by atoms with Gasteiger partial charge in [0.2, 0.25) is 11.9 Å². The monoisotopic (exact) mass is 227 g/mol. The minimum Gasteiger partial charge on any atom is -0.394 e. The van der Waals surface area contributed by atoms with Crippen molar-refractivity contribution in [3.05, 3.63) is 6.33 Å². The number of aliphatic hydroxyl groups excluding tert-OH is 2. The van der Waals surface area contributed by atoms with Gasteiger partial charge in [0.05, 0.1) is 13.2 Å². The molecule has 0 aliphatic carbocycles. The first-order chi connectivity index (χ1) is 7.65. The van der Waals surface area contributed by atoms with Crippen LogP contribution in [-0.2, 0) is 0 Å². The Kier molecular flexibility index (Phi) is 4.87. The van der Waals surface area contributed by atoms with E-state index in [0.717, 1.165) is 0 Å². The summed E-state index contributed by atoms with van der Waals surface area (Å²) in [6.45, 7) is 3.63. The van der Waals surface area contributed by atoms with Gasteiger partial charge in [0.1, 0.15) is 6.33 Å². The summed E-state index contributed by atoms with van der Waals surface area (Å²) >= 11 is 0. The largest absolute Gasteiger partial charge is 0.394 e. The molecule has 0 aliphatic heterocycles. The molecule has 2 unspecified atom stereocenters. The number of aliphatic hydroxyl groups is 2. The van der Waals surface area contributed by atoms with Gasteiger partial charge in [-0.25, -0.2) is 9.97 Å². The molecule has 0 spiro atoms. The molecule has 7 nitrogen and oxygen atoms in total. The molecule has 0 saturated carbocycles. The van der Waals surface area contributed by atoms with Crippen LogP contribution in [0.15, 0.2) is 6.33 Å². The normalized spacial score (nSPS) is 14.2. The van der Waals surface area contributed by atoms with Crippen molar-refractivity contribution >= 4 is 11.9 Å². The molecule has 7 heteroatoms. The molecule has 16 heavy (non-hydrogen) atoms. The second kappa shape index (κ2) is 6.19. The van der Waals surface area contributed by atoms with E-state index in [4.69, 9.17) is 10.2 Å². The third-order valence-corrected chi connectivity index (χ3v) is 1.87. The highest BCUT2D eigenvalue weighted by Crippen LogP contribution is 2.04. The van der Waals surface area contributed by atoms with Gasteiger partial charge < -0.3 is 20.8 Å². The van der Waals surface area contributed by atoms with Gasteiger partial charge in [-0.1, -0.05) is 0 Å². The summed E-state index contributed by atoms with van der Waals surface area (Å²) in [4.78, 5) is 11.9. The van der Waals surface area contributed by atoms with Gasteiger partial charge in [-0.15, -0.1) is 0 Å². The summed E-state index contributed by atoms with van der Waals surface area (Å²) in [6, 6.07) is -0.240. The molecule has 0 radical (unpaired) electrons. The summed E-state index contributed by atoms with van der Waals surface area (Å²) in [5, 5.41) is 23.5. The van der Waals surface area contributed by atoms with Crippen molar-refractivity contribution in [1.29, 1.82) is 0 Å². The third kappa shape index (κ3) is 3.95. The summed E-state index contributed by atoms with van der Waals surface area (Å²) in [5.41, 5.74) is 0. The minimum atomic E-state index is -0.120. The Labute approximate surface area is 94.0 Å². The van der Waals surface area contributed by atoms with Gasteiger partial charge in [-0.3, -0.25) is 0 Å². The second-order valence-corrected chi connectivity index (χ2v) is 3.59. The van der Waals surface area contributed by atoms with Crippen LogP contribution in [0, 0.1) is 0 Å². The van der Waals surface area contributed by atoms with Gasteiger partial charge >= 0.3 is 0 Å². The van der Waals surface area contributed by atoms with Gasteiger partial charge in [-0.05, 0) is 13.8 Å². The third-order valence-electron chi connectivity index (χ3n) is 1.87. The maximum atomic E-state index is 8.87. The lowest BCUT2D eigenvalue weighted by Gasteiger charge is -2.13. The summed E-state index contributed by atoms with van der Waals surface area (Å²) in [5.74, 6) is 0.786. The first-order valence-corrected chi connectivity index (χ1v) is 5.09. The molecular formula is C9H17N5O2. The maximum absolute atomic E-state index is 8.87. The molecule has 0 aromatic carbocycles. The highest BCUT2D eigenvalue weighted by Gasteiger charge is 2.06. The van der Waals surface area contributed by atoms with Crippen molar-refractivity contribution in [3.63, 3.8) is 0 Å². The number of hydrogen-bond donors (Lipinski definition) is 4. The van der Waals surface area contributed by atoms with Gasteiger partial charge in [0.25, 0.3) is 0 Å². The van der Waals surface area contributed by atoms with Crippen molar-refractivity contribution in [2.75, 3.05) is 23.8 Å². The molecule has 0 amide bonds. The summed E-state index contributed by atoms with van der Waals surface area (Å²) < 4.78 is 0. The molecule has 0 aliphatic rings. The molecule has 2 atom stereocenters. The zero-order valence-corrected chi connectivity index (χ0v) is 9.38. The molecule has 0 bridgehead atoms. The van der Waals surface area contributed by atoms with Crippen LogP contribution in [0.4, 0.5) is 11.9 Å². The topological polar surface area (TPSA) is 103 Å². The molecule has 90 valence electrons. The van der Waals surface area contributed by atoms with Crippen molar-refractivity contribution < 1.29 is 10.2 Å². The van der Waals surface area contributed by atoms with Crippen LogP contribution >= 0.6 is 0 Å². The van der Waals surface area contributed by atoms with Crippen LogP contribution in [-0.4, -0.2) is 50.5 Å². The molecule has 1 aromatic rings.